The molecule has 0 saturated carbocycles. The molecule has 0 aliphatic carbocycles. The standard InChI is InChI=1S/C9H17BO2.C3H8O/c1-6-7-10-11-8(2,3)9(4,5)12-10;1-3-4-2/h6-7H,1-5H3;3H2,1-2H3/b7-6+;. The lowest BCUT2D eigenvalue weighted by molar-refractivity contribution is 0.00578. The topological polar surface area (TPSA) is 27.7 Å². The number of allylic oxidation sites excluding steroid dienone is 1. The third kappa shape index (κ3) is 4.28. The van der Waals surface area contributed by atoms with E-state index < -0.39 is 0 Å². The Hall–Kier alpha value is -0.315. The highest BCUT2D eigenvalue weighted by molar-refractivity contribution is 6.51. The van der Waals surface area contributed by atoms with E-state index in [1.165, 1.54) is 0 Å². The van der Waals surface area contributed by atoms with Gasteiger partial charge in [0.05, 0.1) is 11.2 Å². The van der Waals surface area contributed by atoms with Crippen LogP contribution < -0.4 is 0 Å². The van der Waals surface area contributed by atoms with Crippen LogP contribution in [0.5, 0.6) is 0 Å². The lowest BCUT2D eigenvalue weighted by Gasteiger charge is -2.32. The van der Waals surface area contributed by atoms with E-state index in [0.717, 1.165) is 6.61 Å². The molecular weight excluding hydrogens is 203 g/mol. The number of hydrogen-bond acceptors (Lipinski definition) is 3. The normalized spacial score (nSPS) is 22.1. The molecule has 3 nitrogen and oxygen atoms in total. The highest BCUT2D eigenvalue weighted by Gasteiger charge is 2.49. The Labute approximate surface area is 100 Å². The summed E-state index contributed by atoms with van der Waals surface area (Å²) in [4.78, 5) is 0. The lowest BCUT2D eigenvalue weighted by atomic mass is 9.90. The van der Waals surface area contributed by atoms with E-state index in [1.807, 2.05) is 25.9 Å². The summed E-state index contributed by atoms with van der Waals surface area (Å²) in [5.41, 5.74) is -0.422. The molecule has 1 aliphatic rings. The molecular formula is C12H25BO3. The average Bonchev–Trinajstić information content (AvgIpc) is 2.36. The maximum Gasteiger partial charge on any atom is 0.486 e. The molecule has 0 spiro atoms. The summed E-state index contributed by atoms with van der Waals surface area (Å²) >= 11 is 0. The third-order valence-electron chi connectivity index (χ3n) is 2.91. The molecule has 1 rings (SSSR count). The van der Waals surface area contributed by atoms with Gasteiger partial charge in [0.2, 0.25) is 0 Å². The van der Waals surface area contributed by atoms with Gasteiger partial charge in [-0.05, 0) is 41.5 Å². The SMILES string of the molecule is C/C=C/B1OC(C)(C)C(C)(C)O1.CCOC. The highest BCUT2D eigenvalue weighted by atomic mass is 16.7. The molecule has 1 aliphatic heterocycles. The Morgan fingerprint density at radius 3 is 1.75 bits per heavy atom. The Morgan fingerprint density at radius 2 is 1.50 bits per heavy atom. The summed E-state index contributed by atoms with van der Waals surface area (Å²) in [5.74, 6) is 1.93. The third-order valence-corrected chi connectivity index (χ3v) is 2.91. The van der Waals surface area contributed by atoms with Crippen molar-refractivity contribution in [3.05, 3.63) is 12.1 Å². The zero-order chi connectivity index (χ0) is 12.8. The Kier molecular flexibility index (Phi) is 6.30. The van der Waals surface area contributed by atoms with Crippen LogP contribution in [0.25, 0.3) is 0 Å². The molecule has 0 aromatic heterocycles. The number of rotatable bonds is 2. The van der Waals surface area contributed by atoms with Crippen LogP contribution in [0.4, 0.5) is 0 Å². The predicted molar refractivity (Wildman–Crippen MR) is 68.4 cm³/mol. The van der Waals surface area contributed by atoms with Crippen molar-refractivity contribution < 1.29 is 14.0 Å². The minimum absolute atomic E-state index is 0.181. The Bertz CT molecular complexity index is 206. The van der Waals surface area contributed by atoms with Crippen molar-refractivity contribution in [2.75, 3.05) is 13.7 Å². The smallest absolute Gasteiger partial charge is 0.400 e. The van der Waals surface area contributed by atoms with Crippen molar-refractivity contribution in [1.82, 2.24) is 0 Å². The molecule has 1 fully saturated rings. The van der Waals surface area contributed by atoms with Gasteiger partial charge in [-0.1, -0.05) is 12.1 Å². The van der Waals surface area contributed by atoms with Crippen LogP contribution in [0.3, 0.4) is 0 Å². The number of ether oxygens (including phenoxy) is 1. The van der Waals surface area contributed by atoms with Crippen LogP contribution in [0.1, 0.15) is 41.5 Å². The largest absolute Gasteiger partial charge is 0.486 e. The van der Waals surface area contributed by atoms with Crippen molar-refractivity contribution in [3.63, 3.8) is 0 Å². The van der Waals surface area contributed by atoms with Crippen LogP contribution in [0.15, 0.2) is 12.1 Å². The first-order chi connectivity index (χ1) is 7.30. The average molecular weight is 228 g/mol. The van der Waals surface area contributed by atoms with Crippen LogP contribution >= 0.6 is 0 Å². The monoisotopic (exact) mass is 228 g/mol. The second-order valence-corrected chi connectivity index (χ2v) is 4.73. The predicted octanol–water partition coefficient (Wildman–Crippen LogP) is 2.85. The zero-order valence-corrected chi connectivity index (χ0v) is 11.7. The molecule has 0 N–H and O–H groups in total. The second-order valence-electron chi connectivity index (χ2n) is 4.73. The van der Waals surface area contributed by atoms with Gasteiger partial charge in [-0.15, -0.1) is 0 Å². The fourth-order valence-electron chi connectivity index (χ4n) is 1.12. The van der Waals surface area contributed by atoms with E-state index >= 15 is 0 Å². The van der Waals surface area contributed by atoms with Crippen molar-refractivity contribution in [3.8, 4) is 0 Å². The van der Waals surface area contributed by atoms with Gasteiger partial charge in [0.15, 0.2) is 0 Å². The van der Waals surface area contributed by atoms with Crippen LogP contribution in [-0.4, -0.2) is 32.0 Å². The fourth-order valence-corrected chi connectivity index (χ4v) is 1.12. The first kappa shape index (κ1) is 15.7. The van der Waals surface area contributed by atoms with Crippen molar-refractivity contribution >= 4 is 7.12 Å². The summed E-state index contributed by atoms with van der Waals surface area (Å²) in [7, 11) is 1.50. The van der Waals surface area contributed by atoms with Crippen LogP contribution in [0.2, 0.25) is 0 Å². The van der Waals surface area contributed by atoms with Crippen molar-refractivity contribution in [1.29, 1.82) is 0 Å². The Morgan fingerprint density at radius 1 is 1.12 bits per heavy atom. The fraction of sp³-hybridized carbons (Fsp3) is 0.833. The maximum atomic E-state index is 5.70. The van der Waals surface area contributed by atoms with Crippen molar-refractivity contribution in [2.45, 2.75) is 52.7 Å². The molecule has 1 saturated heterocycles. The molecule has 0 aromatic rings. The molecule has 0 radical (unpaired) electrons. The lowest BCUT2D eigenvalue weighted by Crippen LogP contribution is -2.41. The van der Waals surface area contributed by atoms with Gasteiger partial charge in [-0.3, -0.25) is 0 Å². The summed E-state index contributed by atoms with van der Waals surface area (Å²) < 4.78 is 15.9. The molecule has 0 bridgehead atoms. The summed E-state index contributed by atoms with van der Waals surface area (Å²) in [6.07, 6.45) is 1.95. The second kappa shape index (κ2) is 6.43. The minimum Gasteiger partial charge on any atom is -0.400 e. The molecule has 0 aromatic carbocycles. The van der Waals surface area contributed by atoms with E-state index in [-0.39, 0.29) is 18.3 Å². The molecule has 1 heterocycles. The highest BCUT2D eigenvalue weighted by Crippen LogP contribution is 2.36. The first-order valence-electron chi connectivity index (χ1n) is 5.78. The quantitative estimate of drug-likeness (QED) is 0.680. The molecule has 16 heavy (non-hydrogen) atoms. The van der Waals surface area contributed by atoms with E-state index in [1.54, 1.807) is 7.11 Å². The summed E-state index contributed by atoms with van der Waals surface area (Å²) in [6, 6.07) is 0. The van der Waals surface area contributed by atoms with Crippen LogP contribution in [-0.2, 0) is 14.0 Å². The van der Waals surface area contributed by atoms with E-state index in [9.17, 15) is 0 Å². The number of methoxy groups -OCH3 is 1. The van der Waals surface area contributed by atoms with Gasteiger partial charge in [-0.2, -0.15) is 0 Å². The maximum absolute atomic E-state index is 5.70. The van der Waals surface area contributed by atoms with E-state index in [2.05, 4.69) is 32.4 Å². The molecule has 0 amide bonds. The van der Waals surface area contributed by atoms with Gasteiger partial charge in [0.25, 0.3) is 0 Å². The molecule has 0 unspecified atom stereocenters. The van der Waals surface area contributed by atoms with Gasteiger partial charge < -0.3 is 14.0 Å². The first-order valence-corrected chi connectivity index (χ1v) is 5.78. The van der Waals surface area contributed by atoms with Gasteiger partial charge in [-0.25, -0.2) is 0 Å². The molecule has 0 atom stereocenters. The minimum atomic E-state index is -0.211. The van der Waals surface area contributed by atoms with E-state index in [4.69, 9.17) is 9.31 Å². The van der Waals surface area contributed by atoms with Crippen molar-refractivity contribution in [2.24, 2.45) is 0 Å². The summed E-state index contributed by atoms with van der Waals surface area (Å²) in [5, 5.41) is 0. The molecule has 94 valence electrons. The Balaban J connectivity index is 0.000000487. The van der Waals surface area contributed by atoms with Gasteiger partial charge in [0, 0.05) is 13.7 Å². The zero-order valence-electron chi connectivity index (χ0n) is 11.7. The summed E-state index contributed by atoms with van der Waals surface area (Å²) in [6.45, 7) is 12.9. The van der Waals surface area contributed by atoms with Gasteiger partial charge in [0.1, 0.15) is 0 Å². The number of hydrogen-bond donors (Lipinski definition) is 0. The molecule has 4 heteroatoms. The van der Waals surface area contributed by atoms with Crippen LogP contribution in [0, 0.1) is 0 Å². The van der Waals surface area contributed by atoms with Gasteiger partial charge >= 0.3 is 7.12 Å². The van der Waals surface area contributed by atoms with E-state index in [0.29, 0.717) is 0 Å².